The number of hydrogen-bond acceptors (Lipinski definition) is 5. The second kappa shape index (κ2) is 7.79. The van der Waals surface area contributed by atoms with Gasteiger partial charge in [0.25, 0.3) is 0 Å². The zero-order valence-electron chi connectivity index (χ0n) is 16.6. The highest BCUT2D eigenvalue weighted by atomic mass is 35.5. The molecule has 0 aliphatic heterocycles. The molecule has 3 heterocycles. The fourth-order valence-electron chi connectivity index (χ4n) is 3.50. The first kappa shape index (κ1) is 19.3. The quantitative estimate of drug-likeness (QED) is 0.358. The normalized spacial score (nSPS) is 11.3. The lowest BCUT2D eigenvalue weighted by atomic mass is 10.1. The van der Waals surface area contributed by atoms with Gasteiger partial charge in [-0.1, -0.05) is 29.8 Å². The molecule has 4 rings (SSSR count). The van der Waals surface area contributed by atoms with E-state index in [0.717, 1.165) is 39.2 Å². The van der Waals surface area contributed by atoms with Crippen LogP contribution >= 0.6 is 11.6 Å². The summed E-state index contributed by atoms with van der Waals surface area (Å²) < 4.78 is 7.27. The summed E-state index contributed by atoms with van der Waals surface area (Å²) in [5, 5.41) is 5.78. The van der Waals surface area contributed by atoms with Crippen LogP contribution in [0.1, 0.15) is 34.6 Å². The van der Waals surface area contributed by atoms with E-state index in [0.29, 0.717) is 17.1 Å². The Kier molecular flexibility index (Phi) is 5.20. The lowest BCUT2D eigenvalue weighted by molar-refractivity contribution is -0.144. The first-order valence-electron chi connectivity index (χ1n) is 9.44. The minimum Gasteiger partial charge on any atom is -0.461 e. The molecule has 0 radical (unpaired) electrons. The number of benzene rings is 1. The number of ether oxygens (including phenoxy) is 1. The van der Waals surface area contributed by atoms with Gasteiger partial charge in [-0.15, -0.1) is 0 Å². The number of rotatable bonds is 5. The van der Waals surface area contributed by atoms with Gasteiger partial charge in [-0.05, 0) is 44.9 Å². The summed E-state index contributed by atoms with van der Waals surface area (Å²) in [5.74, 6) is -0.287. The Labute approximate surface area is 173 Å². The molecule has 6 nitrogen and oxygen atoms in total. The number of para-hydroxylation sites is 1. The van der Waals surface area contributed by atoms with Crippen molar-refractivity contribution in [2.45, 2.75) is 40.2 Å². The van der Waals surface area contributed by atoms with Crippen molar-refractivity contribution in [2.75, 3.05) is 0 Å². The molecule has 0 atom stereocenters. The van der Waals surface area contributed by atoms with Crippen LogP contribution in [-0.2, 0) is 22.6 Å². The largest absolute Gasteiger partial charge is 0.461 e. The molecule has 7 heteroatoms. The highest BCUT2D eigenvalue weighted by Crippen LogP contribution is 2.22. The maximum absolute atomic E-state index is 12.3. The van der Waals surface area contributed by atoms with Gasteiger partial charge < -0.3 is 4.74 Å². The summed E-state index contributed by atoms with van der Waals surface area (Å²) in [4.78, 5) is 21.3. The van der Waals surface area contributed by atoms with E-state index in [9.17, 15) is 4.79 Å². The first-order chi connectivity index (χ1) is 13.9. The number of carbonyl (C=O) groups is 1. The van der Waals surface area contributed by atoms with E-state index >= 15 is 0 Å². The number of aryl methyl sites for hydroxylation is 3. The summed E-state index contributed by atoms with van der Waals surface area (Å²) in [5.41, 5.74) is 6.17. The van der Waals surface area contributed by atoms with Crippen molar-refractivity contribution in [3.8, 4) is 0 Å². The minimum atomic E-state index is -0.287. The van der Waals surface area contributed by atoms with E-state index in [1.165, 1.54) is 0 Å². The number of halogens is 1. The Hall–Kier alpha value is -2.99. The van der Waals surface area contributed by atoms with E-state index in [4.69, 9.17) is 16.3 Å². The molecule has 0 fully saturated rings. The Morgan fingerprint density at radius 1 is 1.14 bits per heavy atom. The molecule has 0 bridgehead atoms. The zero-order valence-corrected chi connectivity index (χ0v) is 17.3. The van der Waals surface area contributed by atoms with E-state index in [1.54, 1.807) is 0 Å². The Bertz CT molecular complexity index is 1230. The second-order valence-electron chi connectivity index (χ2n) is 7.11. The third kappa shape index (κ3) is 3.93. The summed E-state index contributed by atoms with van der Waals surface area (Å²) in [6, 6.07) is 11.5. The maximum atomic E-state index is 12.3. The fourth-order valence-corrected chi connectivity index (χ4v) is 3.70. The van der Waals surface area contributed by atoms with Gasteiger partial charge in [0.1, 0.15) is 11.8 Å². The van der Waals surface area contributed by atoms with Gasteiger partial charge in [-0.3, -0.25) is 4.79 Å². The molecule has 0 N–H and O–H groups in total. The number of nitrogens with zero attached hydrogens (tertiary/aromatic N) is 4. The molecule has 0 saturated heterocycles. The fraction of sp³-hybridized carbons (Fsp3) is 0.273. The van der Waals surface area contributed by atoms with Gasteiger partial charge in [0.15, 0.2) is 5.65 Å². The van der Waals surface area contributed by atoms with Crippen LogP contribution in [0.5, 0.6) is 0 Å². The predicted octanol–water partition coefficient (Wildman–Crippen LogP) is 4.53. The third-order valence-electron chi connectivity index (χ3n) is 5.00. The third-order valence-corrected chi connectivity index (χ3v) is 5.33. The number of fused-ring (bicyclic) bond motifs is 2. The minimum absolute atomic E-state index is 0.100. The Morgan fingerprint density at radius 2 is 1.93 bits per heavy atom. The van der Waals surface area contributed by atoms with E-state index in [1.807, 2.05) is 61.7 Å². The maximum Gasteiger partial charge on any atom is 0.306 e. The van der Waals surface area contributed by atoms with E-state index in [-0.39, 0.29) is 19.0 Å². The van der Waals surface area contributed by atoms with Crippen LogP contribution < -0.4 is 0 Å². The van der Waals surface area contributed by atoms with Crippen molar-refractivity contribution in [2.24, 2.45) is 0 Å². The van der Waals surface area contributed by atoms with Gasteiger partial charge in [0, 0.05) is 34.8 Å². The van der Waals surface area contributed by atoms with Gasteiger partial charge in [0.05, 0.1) is 11.2 Å². The number of hydrogen-bond donors (Lipinski definition) is 0. The zero-order chi connectivity index (χ0) is 20.5. The molecule has 1 aromatic carbocycles. The van der Waals surface area contributed by atoms with E-state index in [2.05, 4.69) is 15.1 Å². The van der Waals surface area contributed by atoms with Gasteiger partial charge in [-0.25, -0.2) is 14.5 Å². The van der Waals surface area contributed by atoms with Crippen LogP contribution in [0.3, 0.4) is 0 Å². The van der Waals surface area contributed by atoms with Gasteiger partial charge >= 0.3 is 5.97 Å². The molecule has 0 amide bonds. The predicted molar refractivity (Wildman–Crippen MR) is 112 cm³/mol. The molecule has 148 valence electrons. The van der Waals surface area contributed by atoms with Crippen LogP contribution in [0, 0.1) is 20.8 Å². The topological polar surface area (TPSA) is 69.4 Å². The number of aromatic nitrogens is 4. The standard InChI is InChI=1S/C22H21ClN4O2/c1-13-10-20-24-14(2)18(15(3)27(20)26-13)8-9-21(28)29-12-17-11-16-6-4-5-7-19(16)25-22(17)23/h4-7,10-11H,8-9,12H2,1-3H3. The van der Waals surface area contributed by atoms with E-state index < -0.39 is 0 Å². The molecule has 0 unspecified atom stereocenters. The lowest BCUT2D eigenvalue weighted by Gasteiger charge is -2.11. The molecule has 3 aromatic heterocycles. The monoisotopic (exact) mass is 408 g/mol. The van der Waals surface area contributed by atoms with Crippen LogP contribution in [0.15, 0.2) is 36.4 Å². The summed E-state index contributed by atoms with van der Waals surface area (Å²) in [7, 11) is 0. The van der Waals surface area contributed by atoms with Gasteiger partial charge in [-0.2, -0.15) is 5.10 Å². The summed E-state index contributed by atoms with van der Waals surface area (Å²) >= 11 is 6.24. The number of esters is 1. The van der Waals surface area contributed by atoms with Crippen LogP contribution in [0.25, 0.3) is 16.6 Å². The number of pyridine rings is 1. The molecule has 29 heavy (non-hydrogen) atoms. The van der Waals surface area contributed by atoms with Crippen molar-refractivity contribution < 1.29 is 9.53 Å². The SMILES string of the molecule is Cc1cc2nc(C)c(CCC(=O)OCc3cc4ccccc4nc3Cl)c(C)n2n1. The molecular weight excluding hydrogens is 388 g/mol. The number of carbonyl (C=O) groups excluding carboxylic acids is 1. The highest BCUT2D eigenvalue weighted by molar-refractivity contribution is 6.30. The van der Waals surface area contributed by atoms with Crippen molar-refractivity contribution in [1.29, 1.82) is 0 Å². The molecule has 0 aliphatic carbocycles. The molecular formula is C22H21ClN4O2. The molecule has 0 spiro atoms. The Morgan fingerprint density at radius 3 is 2.76 bits per heavy atom. The van der Waals surface area contributed by atoms with Gasteiger partial charge in [0.2, 0.25) is 0 Å². The Balaban J connectivity index is 1.43. The van der Waals surface area contributed by atoms with Crippen molar-refractivity contribution in [1.82, 2.24) is 19.6 Å². The second-order valence-corrected chi connectivity index (χ2v) is 7.47. The summed E-state index contributed by atoms with van der Waals surface area (Å²) in [6.45, 7) is 5.99. The average Bonchev–Trinajstić information content (AvgIpc) is 3.06. The lowest BCUT2D eigenvalue weighted by Crippen LogP contribution is -2.10. The van der Waals surface area contributed by atoms with Crippen molar-refractivity contribution in [3.63, 3.8) is 0 Å². The van der Waals surface area contributed by atoms with Crippen molar-refractivity contribution in [3.05, 3.63) is 69.8 Å². The van der Waals surface area contributed by atoms with Crippen LogP contribution in [0.4, 0.5) is 0 Å². The summed E-state index contributed by atoms with van der Waals surface area (Å²) in [6.07, 6.45) is 0.801. The molecule has 0 aliphatic rings. The average molecular weight is 409 g/mol. The highest BCUT2D eigenvalue weighted by Gasteiger charge is 2.14. The first-order valence-corrected chi connectivity index (χ1v) is 9.82. The van der Waals surface area contributed by atoms with Crippen LogP contribution in [0.2, 0.25) is 5.15 Å². The van der Waals surface area contributed by atoms with Crippen LogP contribution in [-0.4, -0.2) is 25.6 Å². The van der Waals surface area contributed by atoms with Crippen molar-refractivity contribution >= 4 is 34.1 Å². The molecule has 4 aromatic rings. The molecule has 0 saturated carbocycles. The smallest absolute Gasteiger partial charge is 0.306 e.